The molecule has 0 atom stereocenters. The molecule has 142 valence electrons. The number of amides is 1. The molecule has 1 aromatic heterocycles. The van der Waals surface area contributed by atoms with Gasteiger partial charge in [-0.1, -0.05) is 12.1 Å². The molecule has 0 saturated carbocycles. The maximum Gasteiger partial charge on any atom is 0.323 e. The molecule has 0 unspecified atom stereocenters. The summed E-state index contributed by atoms with van der Waals surface area (Å²) in [6, 6.07) is 6.41. The van der Waals surface area contributed by atoms with E-state index in [2.05, 4.69) is 5.10 Å². The standard InChI is InChI=1S/C17H18N4O6/c1-10(2)19(9-15(23)24)17(25)16-14(22)8-11(3)20(18-16)12-6-4-5-7-13(12)21(26)27/h4-8,10H,9H2,1-3H3,(H,23,24). The predicted octanol–water partition coefficient (Wildman–Crippen LogP) is 1.38. The number of carboxylic acids is 1. The van der Waals surface area contributed by atoms with Gasteiger partial charge in [-0.25, -0.2) is 4.68 Å². The largest absolute Gasteiger partial charge is 0.480 e. The summed E-state index contributed by atoms with van der Waals surface area (Å²) in [5.74, 6) is -2.09. The van der Waals surface area contributed by atoms with Crippen LogP contribution in [0.5, 0.6) is 0 Å². The molecule has 2 rings (SSSR count). The second-order valence-corrected chi connectivity index (χ2v) is 6.08. The second-order valence-electron chi connectivity index (χ2n) is 6.08. The zero-order valence-corrected chi connectivity index (χ0v) is 14.9. The summed E-state index contributed by atoms with van der Waals surface area (Å²) in [6.45, 7) is 4.14. The Morgan fingerprint density at radius 1 is 1.33 bits per heavy atom. The Morgan fingerprint density at radius 3 is 2.52 bits per heavy atom. The number of aliphatic carboxylic acids is 1. The van der Waals surface area contributed by atoms with Crippen molar-refractivity contribution in [3.05, 3.63) is 62.1 Å². The van der Waals surface area contributed by atoms with Crippen molar-refractivity contribution in [2.24, 2.45) is 0 Å². The number of aromatic nitrogens is 2. The molecule has 0 radical (unpaired) electrons. The smallest absolute Gasteiger partial charge is 0.323 e. The van der Waals surface area contributed by atoms with Crippen molar-refractivity contribution in [3.63, 3.8) is 0 Å². The van der Waals surface area contributed by atoms with E-state index in [0.29, 0.717) is 5.69 Å². The van der Waals surface area contributed by atoms with E-state index in [1.807, 2.05) is 0 Å². The molecule has 0 spiro atoms. The fourth-order valence-corrected chi connectivity index (χ4v) is 2.51. The molecular formula is C17H18N4O6. The highest BCUT2D eigenvalue weighted by Gasteiger charge is 2.26. The number of benzene rings is 1. The lowest BCUT2D eigenvalue weighted by atomic mass is 10.2. The molecule has 1 amide bonds. The van der Waals surface area contributed by atoms with Crippen LogP contribution < -0.4 is 5.43 Å². The Balaban J connectivity index is 2.63. The highest BCUT2D eigenvalue weighted by atomic mass is 16.6. The van der Waals surface area contributed by atoms with Crippen LogP contribution in [0.15, 0.2) is 35.1 Å². The Bertz CT molecular complexity index is 966. The first kappa shape index (κ1) is 19.8. The van der Waals surface area contributed by atoms with Gasteiger partial charge in [0.05, 0.1) is 4.92 Å². The van der Waals surface area contributed by atoms with Gasteiger partial charge >= 0.3 is 5.97 Å². The fraction of sp³-hybridized carbons (Fsp3) is 0.294. The number of rotatable bonds is 6. The van der Waals surface area contributed by atoms with Crippen LogP contribution in [0.2, 0.25) is 0 Å². The average molecular weight is 374 g/mol. The summed E-state index contributed by atoms with van der Waals surface area (Å²) in [4.78, 5) is 47.7. The Morgan fingerprint density at radius 2 is 1.96 bits per heavy atom. The molecule has 0 bridgehead atoms. The van der Waals surface area contributed by atoms with Crippen LogP contribution >= 0.6 is 0 Å². The predicted molar refractivity (Wildman–Crippen MR) is 95.0 cm³/mol. The molecule has 1 aromatic carbocycles. The van der Waals surface area contributed by atoms with Gasteiger partial charge in [-0.05, 0) is 26.8 Å². The van der Waals surface area contributed by atoms with Crippen molar-refractivity contribution >= 4 is 17.6 Å². The highest BCUT2D eigenvalue weighted by Crippen LogP contribution is 2.22. The van der Waals surface area contributed by atoms with Crippen LogP contribution in [0.3, 0.4) is 0 Å². The number of aryl methyl sites for hydroxylation is 1. The molecule has 27 heavy (non-hydrogen) atoms. The summed E-state index contributed by atoms with van der Waals surface area (Å²) < 4.78 is 1.13. The number of carbonyl (C=O) groups is 2. The molecule has 0 fully saturated rings. The lowest BCUT2D eigenvalue weighted by Crippen LogP contribution is -2.43. The van der Waals surface area contributed by atoms with Crippen molar-refractivity contribution in [2.75, 3.05) is 6.54 Å². The maximum atomic E-state index is 12.7. The third kappa shape index (κ3) is 4.17. The van der Waals surface area contributed by atoms with E-state index in [1.54, 1.807) is 19.9 Å². The van der Waals surface area contributed by atoms with E-state index in [9.17, 15) is 24.5 Å². The molecule has 10 heteroatoms. The first-order valence-corrected chi connectivity index (χ1v) is 8.01. The third-order valence-corrected chi connectivity index (χ3v) is 3.81. The number of nitro groups is 1. The number of para-hydroxylation sites is 2. The van der Waals surface area contributed by atoms with Gasteiger partial charge in [0.25, 0.3) is 11.6 Å². The summed E-state index contributed by atoms with van der Waals surface area (Å²) in [5.41, 5.74) is -1.07. The van der Waals surface area contributed by atoms with Crippen molar-refractivity contribution in [1.29, 1.82) is 0 Å². The quantitative estimate of drug-likeness (QED) is 0.596. The zero-order chi connectivity index (χ0) is 20.3. The monoisotopic (exact) mass is 374 g/mol. The van der Waals surface area contributed by atoms with Crippen molar-refractivity contribution in [1.82, 2.24) is 14.7 Å². The van der Waals surface area contributed by atoms with Crippen molar-refractivity contribution < 1.29 is 19.6 Å². The topological polar surface area (TPSA) is 136 Å². The minimum Gasteiger partial charge on any atom is -0.480 e. The zero-order valence-electron chi connectivity index (χ0n) is 14.9. The Labute approximate surface area is 153 Å². The van der Waals surface area contributed by atoms with Gasteiger partial charge in [-0.3, -0.25) is 24.5 Å². The summed E-state index contributed by atoms with van der Waals surface area (Å²) in [5, 5.41) is 24.3. The Kier molecular flexibility index (Phi) is 5.69. The molecule has 0 aliphatic carbocycles. The molecule has 0 aliphatic rings. The molecule has 1 N–H and O–H groups in total. The number of carboxylic acid groups (broad SMARTS) is 1. The van der Waals surface area contributed by atoms with Crippen LogP contribution in [0.4, 0.5) is 5.69 Å². The van der Waals surface area contributed by atoms with Crippen molar-refractivity contribution in [3.8, 4) is 5.69 Å². The van der Waals surface area contributed by atoms with Gasteiger partial charge in [0.1, 0.15) is 12.2 Å². The second kappa shape index (κ2) is 7.77. The third-order valence-electron chi connectivity index (χ3n) is 3.81. The average Bonchev–Trinajstić information content (AvgIpc) is 2.59. The van der Waals surface area contributed by atoms with E-state index >= 15 is 0 Å². The van der Waals surface area contributed by atoms with Gasteiger partial charge in [-0.15, -0.1) is 0 Å². The normalized spacial score (nSPS) is 10.7. The molecular weight excluding hydrogens is 356 g/mol. The molecule has 0 aliphatic heterocycles. The van der Waals surface area contributed by atoms with Crippen LogP contribution in [0.1, 0.15) is 30.0 Å². The fourth-order valence-electron chi connectivity index (χ4n) is 2.51. The molecule has 10 nitrogen and oxygen atoms in total. The summed E-state index contributed by atoms with van der Waals surface area (Å²) in [7, 11) is 0. The Hall–Kier alpha value is -3.56. The lowest BCUT2D eigenvalue weighted by Gasteiger charge is -2.24. The SMILES string of the molecule is Cc1cc(=O)c(C(=O)N(CC(=O)O)C(C)C)nn1-c1ccccc1[N+](=O)[O-]. The lowest BCUT2D eigenvalue weighted by molar-refractivity contribution is -0.384. The molecule has 1 heterocycles. The number of nitro benzene ring substituents is 1. The first-order chi connectivity index (χ1) is 12.6. The number of hydrogen-bond donors (Lipinski definition) is 1. The number of carbonyl (C=O) groups excluding carboxylic acids is 1. The first-order valence-electron chi connectivity index (χ1n) is 8.01. The van der Waals surface area contributed by atoms with Crippen LogP contribution in [-0.2, 0) is 4.79 Å². The van der Waals surface area contributed by atoms with E-state index in [4.69, 9.17) is 5.11 Å². The number of nitrogens with zero attached hydrogens (tertiary/aromatic N) is 4. The summed E-state index contributed by atoms with van der Waals surface area (Å²) in [6.07, 6.45) is 0. The number of hydrogen-bond acceptors (Lipinski definition) is 6. The van der Waals surface area contributed by atoms with Crippen LogP contribution in [0, 0.1) is 17.0 Å². The summed E-state index contributed by atoms with van der Waals surface area (Å²) >= 11 is 0. The minimum atomic E-state index is -1.23. The minimum absolute atomic E-state index is 0.0865. The van der Waals surface area contributed by atoms with Crippen LogP contribution in [0.25, 0.3) is 5.69 Å². The maximum absolute atomic E-state index is 12.7. The van der Waals surface area contributed by atoms with Gasteiger partial charge in [-0.2, -0.15) is 5.10 Å². The molecule has 2 aromatic rings. The van der Waals surface area contributed by atoms with E-state index in [0.717, 1.165) is 15.6 Å². The van der Waals surface area contributed by atoms with Gasteiger partial charge in [0.15, 0.2) is 5.69 Å². The van der Waals surface area contributed by atoms with E-state index in [-0.39, 0.29) is 11.4 Å². The van der Waals surface area contributed by atoms with E-state index < -0.39 is 40.5 Å². The van der Waals surface area contributed by atoms with Gasteiger partial charge < -0.3 is 10.0 Å². The van der Waals surface area contributed by atoms with E-state index in [1.165, 1.54) is 25.1 Å². The van der Waals surface area contributed by atoms with Crippen LogP contribution in [-0.4, -0.2) is 49.2 Å². The highest BCUT2D eigenvalue weighted by molar-refractivity contribution is 5.94. The van der Waals surface area contributed by atoms with Crippen molar-refractivity contribution in [2.45, 2.75) is 26.8 Å². The molecule has 0 saturated heterocycles. The van der Waals surface area contributed by atoms with Gasteiger partial charge in [0, 0.05) is 23.9 Å². The van der Waals surface area contributed by atoms with Gasteiger partial charge in [0.2, 0.25) is 5.43 Å².